The van der Waals surface area contributed by atoms with Gasteiger partial charge in [-0.15, -0.1) is 0 Å². The first kappa shape index (κ1) is 13.7. The minimum absolute atomic E-state index is 0.292. The molecule has 18 heavy (non-hydrogen) atoms. The molecule has 2 aromatic carbocycles. The third-order valence-electron chi connectivity index (χ3n) is 2.29. The van der Waals surface area contributed by atoms with E-state index < -0.39 is 0 Å². The van der Waals surface area contributed by atoms with E-state index in [4.69, 9.17) is 27.9 Å². The summed E-state index contributed by atoms with van der Waals surface area (Å²) in [7, 11) is 0. The molecular weight excluding hydrogens is 342 g/mol. The summed E-state index contributed by atoms with van der Waals surface area (Å²) in [5.41, 5.74) is 0.817. The van der Waals surface area contributed by atoms with Gasteiger partial charge in [-0.3, -0.25) is 0 Å². The van der Waals surface area contributed by atoms with Gasteiger partial charge in [-0.1, -0.05) is 29.3 Å². The zero-order valence-corrected chi connectivity index (χ0v) is 12.2. The highest BCUT2D eigenvalue weighted by Gasteiger charge is 2.05. The van der Waals surface area contributed by atoms with Gasteiger partial charge in [0.25, 0.3) is 0 Å². The van der Waals surface area contributed by atoms with E-state index in [0.29, 0.717) is 26.9 Å². The lowest BCUT2D eigenvalue weighted by molar-refractivity contribution is 0.304. The van der Waals surface area contributed by atoms with E-state index >= 15 is 0 Å². The standard InChI is InChI=1S/C13H8BrCl2FO/c14-11-6-10(17)3-4-13(11)18-7-8-1-2-9(15)5-12(8)16/h1-6H,7H2. The molecule has 1 nitrogen and oxygen atoms in total. The Kier molecular flexibility index (Phi) is 4.49. The summed E-state index contributed by atoms with van der Waals surface area (Å²) in [6.07, 6.45) is 0. The van der Waals surface area contributed by atoms with Gasteiger partial charge in [0.2, 0.25) is 0 Å². The van der Waals surface area contributed by atoms with Gasteiger partial charge >= 0.3 is 0 Å². The molecule has 0 heterocycles. The number of ether oxygens (including phenoxy) is 1. The van der Waals surface area contributed by atoms with Crippen molar-refractivity contribution in [2.24, 2.45) is 0 Å². The summed E-state index contributed by atoms with van der Waals surface area (Å²) in [5, 5.41) is 1.12. The molecule has 94 valence electrons. The Bertz CT molecular complexity index is 523. The van der Waals surface area contributed by atoms with Gasteiger partial charge in [-0.2, -0.15) is 0 Å². The molecule has 5 heteroatoms. The Morgan fingerprint density at radius 2 is 1.89 bits per heavy atom. The maximum absolute atomic E-state index is 12.9. The van der Waals surface area contributed by atoms with E-state index in [1.165, 1.54) is 12.1 Å². The van der Waals surface area contributed by atoms with E-state index in [0.717, 1.165) is 5.56 Å². The van der Waals surface area contributed by atoms with E-state index in [-0.39, 0.29) is 5.82 Å². The molecule has 0 saturated carbocycles. The van der Waals surface area contributed by atoms with Crippen molar-refractivity contribution in [2.75, 3.05) is 0 Å². The smallest absolute Gasteiger partial charge is 0.134 e. The number of benzene rings is 2. The van der Waals surface area contributed by atoms with Gasteiger partial charge < -0.3 is 4.74 Å². The van der Waals surface area contributed by atoms with Crippen LogP contribution < -0.4 is 4.74 Å². The van der Waals surface area contributed by atoms with Crippen molar-refractivity contribution < 1.29 is 9.13 Å². The average Bonchev–Trinajstić information content (AvgIpc) is 2.30. The Morgan fingerprint density at radius 1 is 1.11 bits per heavy atom. The third-order valence-corrected chi connectivity index (χ3v) is 3.50. The molecule has 2 aromatic rings. The van der Waals surface area contributed by atoms with Crippen LogP contribution in [0.2, 0.25) is 10.0 Å². The van der Waals surface area contributed by atoms with Crippen LogP contribution in [0, 0.1) is 5.82 Å². The molecule has 0 aliphatic carbocycles. The molecule has 0 amide bonds. The van der Waals surface area contributed by atoms with Crippen LogP contribution >= 0.6 is 39.1 Å². The van der Waals surface area contributed by atoms with E-state index in [1.54, 1.807) is 24.3 Å². The largest absolute Gasteiger partial charge is 0.488 e. The van der Waals surface area contributed by atoms with Crippen molar-refractivity contribution >= 4 is 39.1 Å². The first-order valence-corrected chi connectivity index (χ1v) is 6.63. The van der Waals surface area contributed by atoms with Crippen LogP contribution in [0.3, 0.4) is 0 Å². The Balaban J connectivity index is 2.11. The Hall–Kier alpha value is -0.770. The molecular formula is C13H8BrCl2FO. The lowest BCUT2D eigenvalue weighted by Crippen LogP contribution is -1.97. The first-order chi connectivity index (χ1) is 8.56. The maximum atomic E-state index is 12.9. The zero-order chi connectivity index (χ0) is 13.1. The summed E-state index contributed by atoms with van der Waals surface area (Å²) in [6.45, 7) is 0.292. The molecule has 0 unspecified atom stereocenters. The zero-order valence-electron chi connectivity index (χ0n) is 9.09. The highest BCUT2D eigenvalue weighted by atomic mass is 79.9. The normalized spacial score (nSPS) is 10.4. The van der Waals surface area contributed by atoms with Crippen molar-refractivity contribution in [3.8, 4) is 5.75 Å². The number of hydrogen-bond acceptors (Lipinski definition) is 1. The molecule has 0 aliphatic heterocycles. The minimum atomic E-state index is -0.321. The van der Waals surface area contributed by atoms with E-state index in [2.05, 4.69) is 15.9 Å². The van der Waals surface area contributed by atoms with Crippen molar-refractivity contribution in [3.05, 3.63) is 62.3 Å². The monoisotopic (exact) mass is 348 g/mol. The second kappa shape index (κ2) is 5.91. The van der Waals surface area contributed by atoms with Crippen molar-refractivity contribution in [2.45, 2.75) is 6.61 Å². The topological polar surface area (TPSA) is 9.23 Å². The van der Waals surface area contributed by atoms with Crippen LogP contribution in [-0.2, 0) is 6.61 Å². The molecule has 0 N–H and O–H groups in total. The van der Waals surface area contributed by atoms with E-state index in [1.807, 2.05) is 0 Å². The number of hydrogen-bond donors (Lipinski definition) is 0. The predicted octanol–water partition coefficient (Wildman–Crippen LogP) is 5.47. The highest BCUT2D eigenvalue weighted by Crippen LogP contribution is 2.28. The van der Waals surface area contributed by atoms with Gasteiger partial charge in [0.1, 0.15) is 18.2 Å². The quantitative estimate of drug-likeness (QED) is 0.713. The minimum Gasteiger partial charge on any atom is -0.488 e. The molecule has 0 aromatic heterocycles. The van der Waals surface area contributed by atoms with Crippen molar-refractivity contribution in [1.82, 2.24) is 0 Å². The van der Waals surface area contributed by atoms with Crippen LogP contribution in [0.15, 0.2) is 40.9 Å². The Labute approximate surface area is 123 Å². The molecule has 0 saturated heterocycles. The molecule has 0 aliphatic rings. The molecule has 2 rings (SSSR count). The van der Waals surface area contributed by atoms with Gasteiger partial charge in [0.05, 0.1) is 4.47 Å². The molecule has 0 spiro atoms. The molecule has 0 fully saturated rings. The molecule has 0 bridgehead atoms. The third kappa shape index (κ3) is 3.37. The summed E-state index contributed by atoms with van der Waals surface area (Å²) < 4.78 is 19.0. The summed E-state index contributed by atoms with van der Waals surface area (Å²) in [6, 6.07) is 9.43. The molecule has 0 radical (unpaired) electrons. The van der Waals surface area contributed by atoms with Crippen molar-refractivity contribution in [3.63, 3.8) is 0 Å². The fraction of sp³-hybridized carbons (Fsp3) is 0.0769. The van der Waals surface area contributed by atoms with E-state index in [9.17, 15) is 4.39 Å². The van der Waals surface area contributed by atoms with Crippen LogP contribution in [0.25, 0.3) is 0 Å². The van der Waals surface area contributed by atoms with Gasteiger partial charge in [-0.25, -0.2) is 4.39 Å². The van der Waals surface area contributed by atoms with Crippen LogP contribution in [0.5, 0.6) is 5.75 Å². The number of rotatable bonds is 3. The summed E-state index contributed by atoms with van der Waals surface area (Å²) in [5.74, 6) is 0.237. The molecule has 0 atom stereocenters. The van der Waals surface area contributed by atoms with Crippen molar-refractivity contribution in [1.29, 1.82) is 0 Å². The van der Waals surface area contributed by atoms with Crippen LogP contribution in [0.4, 0.5) is 4.39 Å². The maximum Gasteiger partial charge on any atom is 0.134 e. The highest BCUT2D eigenvalue weighted by molar-refractivity contribution is 9.10. The Morgan fingerprint density at radius 3 is 2.56 bits per heavy atom. The second-order valence-corrected chi connectivity index (χ2v) is 5.30. The van der Waals surface area contributed by atoms with Gasteiger partial charge in [-0.05, 0) is 46.3 Å². The van der Waals surface area contributed by atoms with Gasteiger partial charge in [0.15, 0.2) is 0 Å². The first-order valence-electron chi connectivity index (χ1n) is 5.08. The summed E-state index contributed by atoms with van der Waals surface area (Å²) >= 11 is 15.1. The summed E-state index contributed by atoms with van der Waals surface area (Å²) in [4.78, 5) is 0. The SMILES string of the molecule is Fc1ccc(OCc2ccc(Cl)cc2Cl)c(Br)c1. The number of halogens is 4. The lowest BCUT2D eigenvalue weighted by Gasteiger charge is -2.09. The fourth-order valence-corrected chi connectivity index (χ4v) is 2.31. The predicted molar refractivity (Wildman–Crippen MR) is 74.9 cm³/mol. The fourth-order valence-electron chi connectivity index (χ4n) is 1.39. The second-order valence-electron chi connectivity index (χ2n) is 3.60. The van der Waals surface area contributed by atoms with Crippen LogP contribution in [0.1, 0.15) is 5.56 Å². The van der Waals surface area contributed by atoms with Crippen LogP contribution in [-0.4, -0.2) is 0 Å². The average molecular weight is 350 g/mol. The van der Waals surface area contributed by atoms with Gasteiger partial charge in [0, 0.05) is 15.6 Å². The lowest BCUT2D eigenvalue weighted by atomic mass is 10.2.